The van der Waals surface area contributed by atoms with E-state index in [1.807, 2.05) is 49.4 Å². The number of oxime groups is 1. The van der Waals surface area contributed by atoms with Gasteiger partial charge >= 0.3 is 5.79 Å². The van der Waals surface area contributed by atoms with Crippen LogP contribution in [-0.2, 0) is 20.2 Å². The molecule has 4 rings (SSSR count). The third-order valence-electron chi connectivity index (χ3n) is 5.41. The molecule has 1 aliphatic rings. The fourth-order valence-electron chi connectivity index (χ4n) is 3.39. The van der Waals surface area contributed by atoms with Crippen LogP contribution in [0.25, 0.3) is 0 Å². The number of carbonyl (C=O) groups excluding carboxylic acids is 1. The van der Waals surface area contributed by atoms with Crippen LogP contribution in [0.2, 0.25) is 0 Å². The van der Waals surface area contributed by atoms with E-state index in [4.69, 9.17) is 9.02 Å². The van der Waals surface area contributed by atoms with E-state index in [9.17, 15) is 14.3 Å². The van der Waals surface area contributed by atoms with E-state index >= 15 is 0 Å². The Hall–Kier alpha value is -2.52. The molecular weight excluding hydrogens is 533 g/mol. The van der Waals surface area contributed by atoms with Crippen LogP contribution in [0.5, 0.6) is 0 Å². The Morgan fingerprint density at radius 1 is 1.06 bits per heavy atom. The van der Waals surface area contributed by atoms with Crippen LogP contribution in [0, 0.1) is 13.8 Å². The molecule has 0 radical (unpaired) electrons. The summed E-state index contributed by atoms with van der Waals surface area (Å²) in [6.07, 6.45) is -1.80. The monoisotopic (exact) mass is 560 g/mol. The molecule has 5 nitrogen and oxygen atoms in total. The summed E-state index contributed by atoms with van der Waals surface area (Å²) in [7, 11) is 1.45. The summed E-state index contributed by atoms with van der Waals surface area (Å²) in [5.74, 6) is -2.75. The zero-order chi connectivity index (χ0) is 25.6. The SMILES string of the molecule is CO[S+](c1ccc(C)cc1)C1C(C(=O)c2ccc(Br)cc2)=NOC1(O)C(C)F.Cc1ccccc1. The third kappa shape index (κ3) is 6.38. The van der Waals surface area contributed by atoms with Crippen molar-refractivity contribution in [3.63, 3.8) is 0 Å². The minimum absolute atomic E-state index is 0.0694. The molecule has 184 valence electrons. The lowest BCUT2D eigenvalue weighted by Crippen LogP contribution is -2.55. The van der Waals surface area contributed by atoms with Crippen LogP contribution in [0.1, 0.15) is 28.4 Å². The maximum atomic E-state index is 14.4. The summed E-state index contributed by atoms with van der Waals surface area (Å²) in [5.41, 5.74) is 2.65. The second-order valence-corrected chi connectivity index (χ2v) is 10.9. The number of Topliss-reactive ketones (excluding diaryl/α,β-unsaturated/α-hetero) is 1. The quantitative estimate of drug-likeness (QED) is 0.297. The standard InChI is InChI=1S/C20H20BrFNO4S.C7H8/c1-12-4-10-16(11-5-12)28(26-3)19-17(23-27-20(19,25)13(2)22)18(24)14-6-8-15(21)9-7-14;1-7-5-3-2-4-6-7/h4-11,13,19,25H,1-3H3;2-6H,1H3/q+1;. The Balaban J connectivity index is 0.000000420. The van der Waals surface area contributed by atoms with Crippen LogP contribution >= 0.6 is 15.9 Å². The maximum Gasteiger partial charge on any atom is 0.323 e. The van der Waals surface area contributed by atoms with Crippen LogP contribution < -0.4 is 0 Å². The van der Waals surface area contributed by atoms with Gasteiger partial charge in [0.25, 0.3) is 5.25 Å². The molecule has 8 heteroatoms. The van der Waals surface area contributed by atoms with Gasteiger partial charge in [-0.05, 0) is 57.2 Å². The number of aliphatic hydroxyl groups is 1. The molecule has 0 aliphatic carbocycles. The van der Waals surface area contributed by atoms with Crippen LogP contribution in [-0.4, -0.2) is 40.9 Å². The molecule has 0 saturated heterocycles. The van der Waals surface area contributed by atoms with Crippen molar-refractivity contribution in [3.05, 3.63) is 100 Å². The fourth-order valence-corrected chi connectivity index (χ4v) is 5.61. The largest absolute Gasteiger partial charge is 0.350 e. The topological polar surface area (TPSA) is 68.1 Å². The van der Waals surface area contributed by atoms with Gasteiger partial charge in [0.2, 0.25) is 17.0 Å². The summed E-state index contributed by atoms with van der Waals surface area (Å²) < 4.78 is 20.8. The van der Waals surface area contributed by atoms with Gasteiger partial charge in [-0.2, -0.15) is 4.18 Å². The van der Waals surface area contributed by atoms with Crippen molar-refractivity contribution in [1.82, 2.24) is 0 Å². The van der Waals surface area contributed by atoms with Crippen molar-refractivity contribution in [2.75, 3.05) is 7.11 Å². The van der Waals surface area contributed by atoms with E-state index in [2.05, 4.69) is 40.1 Å². The first-order valence-electron chi connectivity index (χ1n) is 11.0. The zero-order valence-corrected chi connectivity index (χ0v) is 22.3. The molecular formula is C27H28BrFNO4S+. The number of benzene rings is 3. The van der Waals surface area contributed by atoms with E-state index in [0.717, 1.165) is 10.0 Å². The average molecular weight is 561 g/mol. The lowest BCUT2D eigenvalue weighted by atomic mass is 9.98. The van der Waals surface area contributed by atoms with Crippen molar-refractivity contribution < 1.29 is 23.3 Å². The number of hydrogen-bond donors (Lipinski definition) is 1. The van der Waals surface area contributed by atoms with Gasteiger partial charge in [-0.1, -0.05) is 74.7 Å². The van der Waals surface area contributed by atoms with Gasteiger partial charge in [-0.25, -0.2) is 4.39 Å². The summed E-state index contributed by atoms with van der Waals surface area (Å²) >= 11 is 2.15. The van der Waals surface area contributed by atoms with Gasteiger partial charge in [0.1, 0.15) is 0 Å². The Morgan fingerprint density at radius 3 is 2.11 bits per heavy atom. The molecule has 0 spiro atoms. The Morgan fingerprint density at radius 2 is 1.63 bits per heavy atom. The molecule has 3 aromatic carbocycles. The van der Waals surface area contributed by atoms with E-state index in [1.54, 1.807) is 24.3 Å². The van der Waals surface area contributed by atoms with Crippen molar-refractivity contribution in [1.29, 1.82) is 0 Å². The Labute approximate surface area is 216 Å². The van der Waals surface area contributed by atoms with Crippen molar-refractivity contribution >= 4 is 38.6 Å². The number of alkyl halides is 1. The summed E-state index contributed by atoms with van der Waals surface area (Å²) in [5, 5.41) is 13.6. The van der Waals surface area contributed by atoms with Crippen molar-refractivity contribution in [2.24, 2.45) is 5.16 Å². The number of aryl methyl sites for hydroxylation is 2. The van der Waals surface area contributed by atoms with Gasteiger partial charge in [-0.15, -0.1) is 0 Å². The number of nitrogens with zero attached hydrogens (tertiary/aromatic N) is 1. The molecule has 4 unspecified atom stereocenters. The summed E-state index contributed by atoms with van der Waals surface area (Å²) in [4.78, 5) is 18.9. The molecule has 35 heavy (non-hydrogen) atoms. The minimum Gasteiger partial charge on any atom is -0.350 e. The van der Waals surface area contributed by atoms with Gasteiger partial charge in [0.15, 0.2) is 16.8 Å². The smallest absolute Gasteiger partial charge is 0.323 e. The predicted molar refractivity (Wildman–Crippen MR) is 141 cm³/mol. The highest BCUT2D eigenvalue weighted by molar-refractivity contribution is 9.10. The highest BCUT2D eigenvalue weighted by Crippen LogP contribution is 2.38. The molecule has 3 aromatic rings. The lowest BCUT2D eigenvalue weighted by molar-refractivity contribution is -0.217. The molecule has 4 atom stereocenters. The van der Waals surface area contributed by atoms with Crippen molar-refractivity contribution in [2.45, 2.75) is 42.9 Å². The molecule has 0 fully saturated rings. The molecule has 1 N–H and O–H groups in total. The molecule has 1 heterocycles. The molecule has 1 aliphatic heterocycles. The first-order chi connectivity index (χ1) is 16.7. The Bertz CT molecular complexity index is 1160. The van der Waals surface area contributed by atoms with Gasteiger partial charge in [-0.3, -0.25) is 4.79 Å². The second kappa shape index (κ2) is 11.9. The third-order valence-corrected chi connectivity index (χ3v) is 8.02. The fraction of sp³-hybridized carbons (Fsp3) is 0.259. The zero-order valence-electron chi connectivity index (χ0n) is 19.9. The van der Waals surface area contributed by atoms with Crippen LogP contribution in [0.4, 0.5) is 4.39 Å². The van der Waals surface area contributed by atoms with E-state index in [-0.39, 0.29) is 5.71 Å². The predicted octanol–water partition coefficient (Wildman–Crippen LogP) is 5.98. The highest BCUT2D eigenvalue weighted by Gasteiger charge is 2.65. The van der Waals surface area contributed by atoms with E-state index in [1.165, 1.54) is 19.6 Å². The number of halogens is 2. The highest BCUT2D eigenvalue weighted by atomic mass is 79.9. The normalized spacial score (nSPS) is 20.7. The van der Waals surface area contributed by atoms with Crippen LogP contribution in [0.15, 0.2) is 93.4 Å². The molecule has 0 aromatic heterocycles. The van der Waals surface area contributed by atoms with Gasteiger partial charge < -0.3 is 9.94 Å². The number of hydrogen-bond acceptors (Lipinski definition) is 5. The van der Waals surface area contributed by atoms with Crippen LogP contribution in [0.3, 0.4) is 0 Å². The number of carbonyl (C=O) groups is 1. The lowest BCUT2D eigenvalue weighted by Gasteiger charge is -2.26. The van der Waals surface area contributed by atoms with E-state index in [0.29, 0.717) is 10.5 Å². The summed E-state index contributed by atoms with van der Waals surface area (Å²) in [6, 6.07) is 24.4. The molecule has 0 saturated carbocycles. The number of rotatable bonds is 6. The summed E-state index contributed by atoms with van der Waals surface area (Å²) in [6.45, 7) is 5.19. The maximum absolute atomic E-state index is 14.4. The number of ketones is 1. The molecule has 0 bridgehead atoms. The van der Waals surface area contributed by atoms with Gasteiger partial charge in [0.05, 0.1) is 7.11 Å². The average Bonchev–Trinajstić information content (AvgIpc) is 3.20. The first-order valence-corrected chi connectivity index (χ1v) is 13.0. The van der Waals surface area contributed by atoms with Gasteiger partial charge in [0, 0.05) is 10.0 Å². The van der Waals surface area contributed by atoms with E-state index < -0.39 is 34.2 Å². The first kappa shape index (κ1) is 27.1. The Kier molecular flexibility index (Phi) is 9.24. The van der Waals surface area contributed by atoms with Crippen molar-refractivity contribution in [3.8, 4) is 0 Å². The molecule has 0 amide bonds. The minimum atomic E-state index is -2.30. The second-order valence-electron chi connectivity index (χ2n) is 8.08.